The largest absolute Gasteiger partial charge is 0.441 e. The second kappa shape index (κ2) is 8.15. The number of hydrogen-bond donors (Lipinski definition) is 2. The first-order valence-corrected chi connectivity index (χ1v) is 9.52. The fourth-order valence-corrected chi connectivity index (χ4v) is 3.50. The van der Waals surface area contributed by atoms with Crippen molar-refractivity contribution in [1.29, 1.82) is 0 Å². The smallest absolute Gasteiger partial charge is 0.408 e. The van der Waals surface area contributed by atoms with E-state index in [9.17, 15) is 14.0 Å². The number of alkyl carbamates (subject to hydrolysis) is 1. The maximum absolute atomic E-state index is 13.3. The van der Waals surface area contributed by atoms with Gasteiger partial charge in [-0.3, -0.25) is 9.48 Å². The monoisotopic (exact) mass is 432 g/mol. The van der Waals surface area contributed by atoms with Gasteiger partial charge in [0, 0.05) is 25.0 Å². The van der Waals surface area contributed by atoms with Crippen LogP contribution < -0.4 is 10.6 Å². The summed E-state index contributed by atoms with van der Waals surface area (Å²) in [6.45, 7) is 0.524. The Labute approximate surface area is 175 Å². The number of carbonyl (C=O) groups is 2. The van der Waals surface area contributed by atoms with E-state index in [2.05, 4.69) is 20.7 Å². The zero-order valence-electron chi connectivity index (χ0n) is 15.9. The van der Waals surface area contributed by atoms with Crippen LogP contribution in [0.3, 0.4) is 0 Å². The summed E-state index contributed by atoms with van der Waals surface area (Å²) in [5.41, 5.74) is 1.62. The number of amides is 2. The second-order valence-corrected chi connectivity index (χ2v) is 7.18. The molecular formula is C19H18ClFN6O3. The van der Waals surface area contributed by atoms with Crippen molar-refractivity contribution in [2.45, 2.75) is 25.6 Å². The van der Waals surface area contributed by atoms with Crippen LogP contribution >= 0.6 is 11.6 Å². The minimum atomic E-state index is -0.589. The van der Waals surface area contributed by atoms with Crippen molar-refractivity contribution in [3.63, 3.8) is 0 Å². The maximum Gasteiger partial charge on any atom is 0.408 e. The molecule has 3 heterocycles. The number of rotatable bonds is 5. The number of anilines is 1. The predicted octanol–water partition coefficient (Wildman–Crippen LogP) is 3.03. The Morgan fingerprint density at radius 1 is 1.33 bits per heavy atom. The van der Waals surface area contributed by atoms with Crippen LogP contribution in [0.25, 0.3) is 0 Å². The summed E-state index contributed by atoms with van der Waals surface area (Å²) in [5, 5.41) is 9.46. The number of nitrogens with one attached hydrogen (secondary N) is 2. The Morgan fingerprint density at radius 3 is 2.90 bits per heavy atom. The molecule has 30 heavy (non-hydrogen) atoms. The van der Waals surface area contributed by atoms with E-state index in [-0.39, 0.29) is 23.6 Å². The van der Waals surface area contributed by atoms with Gasteiger partial charge in [-0.25, -0.2) is 14.2 Å². The van der Waals surface area contributed by atoms with E-state index >= 15 is 0 Å². The van der Waals surface area contributed by atoms with Crippen LogP contribution in [0.2, 0.25) is 5.02 Å². The van der Waals surface area contributed by atoms with Gasteiger partial charge in [0.25, 0.3) is 5.91 Å². The fraction of sp³-hybridized carbons (Fsp3) is 0.263. The Balaban J connectivity index is 1.38. The molecule has 1 aliphatic rings. The molecule has 1 atom stereocenters. The average Bonchev–Trinajstić information content (AvgIpc) is 3.41. The minimum Gasteiger partial charge on any atom is -0.441 e. The lowest BCUT2D eigenvalue weighted by molar-refractivity contribution is 0.101. The van der Waals surface area contributed by atoms with E-state index < -0.39 is 11.9 Å². The summed E-state index contributed by atoms with van der Waals surface area (Å²) in [7, 11) is 1.72. The fourth-order valence-electron chi connectivity index (χ4n) is 3.32. The van der Waals surface area contributed by atoms with Gasteiger partial charge in [0.1, 0.15) is 17.8 Å². The summed E-state index contributed by atoms with van der Waals surface area (Å²) in [6.07, 6.45) is 1.55. The summed E-state index contributed by atoms with van der Waals surface area (Å²) in [5.74, 6) is -0.506. The van der Waals surface area contributed by atoms with Crippen molar-refractivity contribution in [2.24, 2.45) is 7.05 Å². The highest BCUT2D eigenvalue weighted by atomic mass is 35.5. The molecular weight excluding hydrogens is 415 g/mol. The van der Waals surface area contributed by atoms with E-state index in [0.29, 0.717) is 30.2 Å². The molecule has 0 bridgehead atoms. The Bertz CT molecular complexity index is 1110. The van der Waals surface area contributed by atoms with Gasteiger partial charge in [-0.05, 0) is 36.8 Å². The molecule has 11 heteroatoms. The molecule has 0 aliphatic carbocycles. The Hall–Kier alpha value is -3.40. The van der Waals surface area contributed by atoms with Gasteiger partial charge >= 0.3 is 6.09 Å². The van der Waals surface area contributed by atoms with Crippen LogP contribution in [0.5, 0.6) is 0 Å². The average molecular weight is 433 g/mol. The number of nitrogens with zero attached hydrogens (tertiary/aromatic N) is 4. The summed E-state index contributed by atoms with van der Waals surface area (Å²) < 4.78 is 21.8. The highest BCUT2D eigenvalue weighted by Gasteiger charge is 2.28. The number of ether oxygens (including phenoxy) is 1. The standard InChI is InChI=1S/C19H18ClFN6O3/c1-26-10-22-17(25-26)9-30-19(29)24-14-6-7-27-15(14)4-5-16(27)18(28)23-11-2-3-13(21)12(20)8-11/h2-5,8,10,14H,6-7,9H2,1H3,(H,23,28)(H,24,29). The lowest BCUT2D eigenvalue weighted by Crippen LogP contribution is -2.28. The van der Waals surface area contributed by atoms with E-state index in [0.717, 1.165) is 5.69 Å². The van der Waals surface area contributed by atoms with Crippen LogP contribution in [0.15, 0.2) is 36.7 Å². The number of hydrogen-bond acceptors (Lipinski definition) is 5. The molecule has 0 radical (unpaired) electrons. The third kappa shape index (κ3) is 4.13. The SMILES string of the molecule is Cn1cnc(COC(=O)NC2CCn3c(C(=O)Nc4ccc(F)c(Cl)c4)ccc32)n1. The van der Waals surface area contributed by atoms with Gasteiger partial charge in [-0.15, -0.1) is 0 Å². The van der Waals surface area contributed by atoms with Crippen molar-refractivity contribution in [3.8, 4) is 0 Å². The van der Waals surface area contributed by atoms with Crippen LogP contribution in [0.4, 0.5) is 14.9 Å². The summed E-state index contributed by atoms with van der Waals surface area (Å²) >= 11 is 5.76. The number of aryl methyl sites for hydroxylation is 1. The first-order chi connectivity index (χ1) is 14.4. The molecule has 2 aromatic heterocycles. The van der Waals surface area contributed by atoms with Crippen molar-refractivity contribution in [1.82, 2.24) is 24.6 Å². The van der Waals surface area contributed by atoms with Crippen molar-refractivity contribution < 1.29 is 18.7 Å². The van der Waals surface area contributed by atoms with Crippen LogP contribution in [-0.2, 0) is 24.9 Å². The van der Waals surface area contributed by atoms with Gasteiger partial charge in [0.15, 0.2) is 12.4 Å². The molecule has 2 amide bonds. The van der Waals surface area contributed by atoms with E-state index in [1.54, 1.807) is 19.2 Å². The van der Waals surface area contributed by atoms with Gasteiger partial charge in [-0.2, -0.15) is 5.10 Å². The van der Waals surface area contributed by atoms with Crippen LogP contribution in [0.1, 0.15) is 34.5 Å². The van der Waals surface area contributed by atoms with E-state index in [1.807, 2.05) is 4.57 Å². The maximum atomic E-state index is 13.3. The number of carbonyl (C=O) groups excluding carboxylic acids is 2. The predicted molar refractivity (Wildman–Crippen MR) is 105 cm³/mol. The molecule has 3 aromatic rings. The second-order valence-electron chi connectivity index (χ2n) is 6.77. The molecule has 9 nitrogen and oxygen atoms in total. The van der Waals surface area contributed by atoms with Crippen molar-refractivity contribution >= 4 is 29.3 Å². The minimum absolute atomic E-state index is 0.0334. The number of halogens is 2. The molecule has 0 spiro atoms. The Kier molecular flexibility index (Phi) is 5.40. The van der Waals surface area contributed by atoms with Crippen molar-refractivity contribution in [3.05, 3.63) is 64.7 Å². The highest BCUT2D eigenvalue weighted by Crippen LogP contribution is 2.29. The number of aromatic nitrogens is 4. The van der Waals surface area contributed by atoms with E-state index in [4.69, 9.17) is 16.3 Å². The van der Waals surface area contributed by atoms with Gasteiger partial charge in [0.05, 0.1) is 11.1 Å². The normalized spacial score (nSPS) is 15.0. The first kappa shape index (κ1) is 19.9. The van der Waals surface area contributed by atoms with E-state index in [1.165, 1.54) is 29.2 Å². The zero-order chi connectivity index (χ0) is 21.3. The summed E-state index contributed by atoms with van der Waals surface area (Å²) in [6, 6.07) is 7.14. The summed E-state index contributed by atoms with van der Waals surface area (Å²) in [4.78, 5) is 28.7. The number of benzene rings is 1. The third-order valence-electron chi connectivity index (χ3n) is 4.69. The molecule has 156 valence electrons. The quantitative estimate of drug-likeness (QED) is 0.645. The number of fused-ring (bicyclic) bond motifs is 1. The Morgan fingerprint density at radius 2 is 2.17 bits per heavy atom. The molecule has 0 fully saturated rings. The first-order valence-electron chi connectivity index (χ1n) is 9.14. The molecule has 2 N–H and O–H groups in total. The van der Waals surface area contributed by atoms with Gasteiger partial charge < -0.3 is 19.9 Å². The molecule has 1 unspecified atom stereocenters. The third-order valence-corrected chi connectivity index (χ3v) is 4.98. The van der Waals surface area contributed by atoms with Crippen molar-refractivity contribution in [2.75, 3.05) is 5.32 Å². The topological polar surface area (TPSA) is 103 Å². The molecule has 4 rings (SSSR count). The van der Waals surface area contributed by atoms with Gasteiger partial charge in [0.2, 0.25) is 0 Å². The lowest BCUT2D eigenvalue weighted by Gasteiger charge is -2.12. The van der Waals surface area contributed by atoms with Crippen LogP contribution in [0, 0.1) is 5.82 Å². The van der Waals surface area contributed by atoms with Gasteiger partial charge in [-0.1, -0.05) is 11.6 Å². The highest BCUT2D eigenvalue weighted by molar-refractivity contribution is 6.31. The molecule has 0 saturated heterocycles. The molecule has 0 saturated carbocycles. The van der Waals surface area contributed by atoms with Crippen LogP contribution in [-0.4, -0.2) is 31.3 Å². The zero-order valence-corrected chi connectivity index (χ0v) is 16.7. The molecule has 1 aromatic carbocycles. The molecule has 1 aliphatic heterocycles. The lowest BCUT2D eigenvalue weighted by atomic mass is 10.2.